The van der Waals surface area contributed by atoms with Gasteiger partial charge in [0.15, 0.2) is 0 Å². The number of halogens is 1. The van der Waals surface area contributed by atoms with Gasteiger partial charge in [-0.3, -0.25) is 0 Å². The molecule has 98 valence electrons. The number of anilines is 2. The molecule has 0 aliphatic carbocycles. The van der Waals surface area contributed by atoms with Crippen molar-refractivity contribution < 1.29 is 0 Å². The maximum atomic E-state index is 5.93. The Bertz CT molecular complexity index is 516. The summed E-state index contributed by atoms with van der Waals surface area (Å²) >= 11 is 5.93. The van der Waals surface area contributed by atoms with Crippen LogP contribution >= 0.6 is 11.6 Å². The van der Waals surface area contributed by atoms with E-state index < -0.39 is 0 Å². The molecule has 1 fully saturated rings. The molecule has 2 aromatic rings. The average Bonchev–Trinajstić information content (AvgIpc) is 2.49. The molecule has 0 amide bonds. The van der Waals surface area contributed by atoms with Gasteiger partial charge in [-0.25, -0.2) is 0 Å². The molecule has 0 unspecified atom stereocenters. The normalized spacial score (nSPS) is 15.6. The van der Waals surface area contributed by atoms with Crippen molar-refractivity contribution in [3.8, 4) is 0 Å². The zero-order valence-electron chi connectivity index (χ0n) is 10.8. The summed E-state index contributed by atoms with van der Waals surface area (Å²) < 4.78 is 0. The van der Waals surface area contributed by atoms with Crippen LogP contribution in [0.3, 0.4) is 0 Å². The van der Waals surface area contributed by atoms with Crippen molar-refractivity contribution >= 4 is 23.0 Å². The van der Waals surface area contributed by atoms with Gasteiger partial charge in [-0.1, -0.05) is 29.8 Å². The lowest BCUT2D eigenvalue weighted by molar-refractivity contribution is 0.653. The monoisotopic (exact) mass is 272 g/mol. The molecule has 19 heavy (non-hydrogen) atoms. The molecule has 0 radical (unpaired) electrons. The fraction of sp³-hybridized carbons (Fsp3) is 0.250. The van der Waals surface area contributed by atoms with Crippen LogP contribution in [0.5, 0.6) is 0 Å². The summed E-state index contributed by atoms with van der Waals surface area (Å²) in [5.41, 5.74) is 2.58. The summed E-state index contributed by atoms with van der Waals surface area (Å²) in [5.74, 6) is 0. The van der Waals surface area contributed by atoms with E-state index in [-0.39, 0.29) is 0 Å². The second-order valence-electron chi connectivity index (χ2n) is 4.79. The second-order valence-corrected chi connectivity index (χ2v) is 5.22. The van der Waals surface area contributed by atoms with E-state index >= 15 is 0 Å². The van der Waals surface area contributed by atoms with Gasteiger partial charge >= 0.3 is 0 Å². The standard InChI is InChI=1S/C16H17ClN2/c17-14-6-8-16(9-7-14)19-12-10-18(11-13-19)15-4-2-1-3-5-15/h1-9H,10-13H2. The van der Waals surface area contributed by atoms with Crippen molar-refractivity contribution in [1.82, 2.24) is 0 Å². The highest BCUT2D eigenvalue weighted by Gasteiger charge is 2.17. The summed E-state index contributed by atoms with van der Waals surface area (Å²) in [5, 5.41) is 0.798. The minimum Gasteiger partial charge on any atom is -0.368 e. The molecule has 0 spiro atoms. The third kappa shape index (κ3) is 2.85. The van der Waals surface area contributed by atoms with Crippen LogP contribution in [0.25, 0.3) is 0 Å². The summed E-state index contributed by atoms with van der Waals surface area (Å²) in [6, 6.07) is 18.7. The first-order valence-corrected chi connectivity index (χ1v) is 7.01. The molecule has 0 aromatic heterocycles. The Morgan fingerprint density at radius 1 is 0.632 bits per heavy atom. The molecule has 3 heteroatoms. The molecular formula is C16H17ClN2. The Balaban J connectivity index is 1.65. The largest absolute Gasteiger partial charge is 0.368 e. The van der Waals surface area contributed by atoms with E-state index in [0.717, 1.165) is 31.2 Å². The number of hydrogen-bond acceptors (Lipinski definition) is 2. The molecule has 2 nitrogen and oxygen atoms in total. The first-order chi connectivity index (χ1) is 9.33. The fourth-order valence-corrected chi connectivity index (χ4v) is 2.64. The number of para-hydroxylation sites is 1. The maximum absolute atomic E-state index is 5.93. The fourth-order valence-electron chi connectivity index (χ4n) is 2.51. The van der Waals surface area contributed by atoms with Gasteiger partial charge < -0.3 is 9.80 Å². The van der Waals surface area contributed by atoms with E-state index in [4.69, 9.17) is 11.6 Å². The first kappa shape index (κ1) is 12.4. The minimum atomic E-state index is 0.798. The van der Waals surface area contributed by atoms with Crippen molar-refractivity contribution in [2.45, 2.75) is 0 Å². The molecule has 0 saturated carbocycles. The van der Waals surface area contributed by atoms with E-state index in [1.54, 1.807) is 0 Å². The van der Waals surface area contributed by atoms with Crippen molar-refractivity contribution in [1.29, 1.82) is 0 Å². The Kier molecular flexibility index (Phi) is 3.60. The third-order valence-corrected chi connectivity index (χ3v) is 3.84. The summed E-state index contributed by atoms with van der Waals surface area (Å²) in [7, 11) is 0. The zero-order valence-corrected chi connectivity index (χ0v) is 11.6. The van der Waals surface area contributed by atoms with Gasteiger partial charge in [0.25, 0.3) is 0 Å². The molecule has 0 atom stereocenters. The second kappa shape index (κ2) is 5.54. The van der Waals surface area contributed by atoms with Crippen molar-refractivity contribution in [2.24, 2.45) is 0 Å². The zero-order chi connectivity index (χ0) is 13.1. The van der Waals surface area contributed by atoms with Crippen LogP contribution in [0.15, 0.2) is 54.6 Å². The maximum Gasteiger partial charge on any atom is 0.0407 e. The van der Waals surface area contributed by atoms with Crippen molar-refractivity contribution in [2.75, 3.05) is 36.0 Å². The van der Waals surface area contributed by atoms with E-state index in [2.05, 4.69) is 52.3 Å². The third-order valence-electron chi connectivity index (χ3n) is 3.59. The highest BCUT2D eigenvalue weighted by Crippen LogP contribution is 2.21. The van der Waals surface area contributed by atoms with Crippen LogP contribution in [-0.4, -0.2) is 26.2 Å². The van der Waals surface area contributed by atoms with Gasteiger partial charge in [0.2, 0.25) is 0 Å². The van der Waals surface area contributed by atoms with E-state index in [1.165, 1.54) is 11.4 Å². The molecule has 0 N–H and O–H groups in total. The van der Waals surface area contributed by atoms with Crippen molar-refractivity contribution in [3.63, 3.8) is 0 Å². The number of rotatable bonds is 2. The number of benzene rings is 2. The SMILES string of the molecule is Clc1ccc(N2CCN(c3ccccc3)CC2)cc1. The summed E-state index contributed by atoms with van der Waals surface area (Å²) in [4.78, 5) is 4.85. The number of nitrogens with zero attached hydrogens (tertiary/aromatic N) is 2. The lowest BCUT2D eigenvalue weighted by Crippen LogP contribution is -2.46. The number of hydrogen-bond donors (Lipinski definition) is 0. The molecule has 2 aromatic carbocycles. The summed E-state index contributed by atoms with van der Waals surface area (Å²) in [6.45, 7) is 4.23. The molecule has 0 bridgehead atoms. The van der Waals surface area contributed by atoms with Crippen LogP contribution in [0.4, 0.5) is 11.4 Å². The van der Waals surface area contributed by atoms with Gasteiger partial charge in [-0.05, 0) is 36.4 Å². The van der Waals surface area contributed by atoms with Gasteiger partial charge in [0.05, 0.1) is 0 Å². The van der Waals surface area contributed by atoms with E-state index in [1.807, 2.05) is 12.1 Å². The molecule has 1 aliphatic heterocycles. The highest BCUT2D eigenvalue weighted by molar-refractivity contribution is 6.30. The summed E-state index contributed by atoms with van der Waals surface area (Å²) in [6.07, 6.45) is 0. The molecule has 3 rings (SSSR count). The first-order valence-electron chi connectivity index (χ1n) is 6.63. The van der Waals surface area contributed by atoms with Crippen LogP contribution < -0.4 is 9.80 Å². The predicted molar refractivity (Wildman–Crippen MR) is 82.3 cm³/mol. The van der Waals surface area contributed by atoms with Crippen LogP contribution in [0.1, 0.15) is 0 Å². The lowest BCUT2D eigenvalue weighted by atomic mass is 10.2. The van der Waals surface area contributed by atoms with Gasteiger partial charge in [-0.2, -0.15) is 0 Å². The smallest absolute Gasteiger partial charge is 0.0407 e. The molecule has 1 saturated heterocycles. The van der Waals surface area contributed by atoms with Crippen LogP contribution in [0, 0.1) is 0 Å². The Morgan fingerprint density at radius 2 is 1.11 bits per heavy atom. The van der Waals surface area contributed by atoms with Gasteiger partial charge in [0, 0.05) is 42.6 Å². The topological polar surface area (TPSA) is 6.48 Å². The lowest BCUT2D eigenvalue weighted by Gasteiger charge is -2.37. The van der Waals surface area contributed by atoms with E-state index in [9.17, 15) is 0 Å². The average molecular weight is 273 g/mol. The Morgan fingerprint density at radius 3 is 1.63 bits per heavy atom. The minimum absolute atomic E-state index is 0.798. The predicted octanol–water partition coefficient (Wildman–Crippen LogP) is 3.67. The Hall–Kier alpha value is -1.67. The molecule has 1 heterocycles. The quantitative estimate of drug-likeness (QED) is 0.823. The van der Waals surface area contributed by atoms with Gasteiger partial charge in [0.1, 0.15) is 0 Å². The van der Waals surface area contributed by atoms with Crippen molar-refractivity contribution in [3.05, 3.63) is 59.6 Å². The molecular weight excluding hydrogens is 256 g/mol. The molecule has 1 aliphatic rings. The van der Waals surface area contributed by atoms with Crippen LogP contribution in [0.2, 0.25) is 5.02 Å². The highest BCUT2D eigenvalue weighted by atomic mass is 35.5. The Labute approximate surface area is 119 Å². The van der Waals surface area contributed by atoms with Gasteiger partial charge in [-0.15, -0.1) is 0 Å². The number of piperazine rings is 1. The van der Waals surface area contributed by atoms with E-state index in [0.29, 0.717) is 0 Å². The van der Waals surface area contributed by atoms with Crippen LogP contribution in [-0.2, 0) is 0 Å².